The zero-order chi connectivity index (χ0) is 17.8. The predicted octanol–water partition coefficient (Wildman–Crippen LogP) is 6.89. The summed E-state index contributed by atoms with van der Waals surface area (Å²) in [4.78, 5) is 1.35. The largest absolute Gasteiger partial charge is 0.377 e. The number of allylic oxidation sites excluding steroid dienone is 1. The molecule has 134 valence electrons. The minimum atomic E-state index is 0.191. The molecule has 1 aliphatic rings. The van der Waals surface area contributed by atoms with Crippen LogP contribution in [0.4, 0.5) is 0 Å². The lowest BCUT2D eigenvalue weighted by molar-refractivity contribution is 0.113. The van der Waals surface area contributed by atoms with Crippen LogP contribution in [0.5, 0.6) is 0 Å². The maximum atomic E-state index is 5.94. The van der Waals surface area contributed by atoms with Crippen LogP contribution in [0.2, 0.25) is 0 Å². The van der Waals surface area contributed by atoms with Crippen LogP contribution in [-0.2, 0) is 11.3 Å². The van der Waals surface area contributed by atoms with E-state index in [2.05, 4.69) is 66.7 Å². The number of hydrogen-bond donors (Lipinski definition) is 0. The number of thioether (sulfide) groups is 1. The summed E-state index contributed by atoms with van der Waals surface area (Å²) in [5, 5.41) is 0. The van der Waals surface area contributed by atoms with Crippen LogP contribution in [0.25, 0.3) is 0 Å². The zero-order valence-electron chi connectivity index (χ0n) is 15.5. The first kappa shape index (κ1) is 19.8. The molecule has 0 saturated heterocycles. The van der Waals surface area contributed by atoms with Gasteiger partial charge in [0.25, 0.3) is 0 Å². The Morgan fingerprint density at radius 2 is 1.64 bits per heavy atom. The molecule has 0 amide bonds. The summed E-state index contributed by atoms with van der Waals surface area (Å²) in [5.74, 6) is 0. The van der Waals surface area contributed by atoms with Gasteiger partial charge >= 0.3 is 0 Å². The molecule has 0 saturated carbocycles. The summed E-state index contributed by atoms with van der Waals surface area (Å²) in [6, 6.07) is 21.1. The smallest absolute Gasteiger partial charge is 0.0716 e. The van der Waals surface area contributed by atoms with Crippen LogP contribution in [0.3, 0.4) is 0 Å². The topological polar surface area (TPSA) is 9.23 Å². The van der Waals surface area contributed by atoms with Gasteiger partial charge in [0.05, 0.1) is 6.61 Å². The van der Waals surface area contributed by atoms with Crippen LogP contribution in [0.1, 0.15) is 45.1 Å². The highest BCUT2D eigenvalue weighted by atomic mass is 32.2. The van der Waals surface area contributed by atoms with Crippen molar-refractivity contribution in [3.63, 3.8) is 0 Å². The van der Waals surface area contributed by atoms with Crippen LogP contribution >= 0.6 is 11.8 Å². The molecular formula is C23H30OS. The minimum Gasteiger partial charge on any atom is -0.377 e. The standard InChI is InChI=1S/C21H24OS.C2H6/c1-4-10-19(11-5-1)18-22-17-16-21(14-8-3-9-15-21)23-20-12-6-2-7-13-20;1-2/h1-2,4-8,10-14H,3,9,15-18H2;1-2H3. The molecule has 25 heavy (non-hydrogen) atoms. The molecule has 0 aromatic heterocycles. The van der Waals surface area contributed by atoms with Gasteiger partial charge in [0.1, 0.15) is 0 Å². The number of benzene rings is 2. The summed E-state index contributed by atoms with van der Waals surface area (Å²) in [5.41, 5.74) is 1.25. The van der Waals surface area contributed by atoms with Crippen molar-refractivity contribution in [2.24, 2.45) is 0 Å². The first-order valence-electron chi connectivity index (χ1n) is 9.40. The molecule has 0 N–H and O–H groups in total. The van der Waals surface area contributed by atoms with E-state index in [0.29, 0.717) is 6.61 Å². The monoisotopic (exact) mass is 354 g/mol. The third kappa shape index (κ3) is 6.72. The van der Waals surface area contributed by atoms with Gasteiger partial charge in [0.15, 0.2) is 0 Å². The molecule has 1 aliphatic carbocycles. The van der Waals surface area contributed by atoms with Crippen molar-refractivity contribution in [3.05, 3.63) is 78.4 Å². The minimum absolute atomic E-state index is 0.191. The average Bonchev–Trinajstić information content (AvgIpc) is 2.69. The van der Waals surface area contributed by atoms with E-state index in [1.165, 1.54) is 29.7 Å². The Labute approximate surface area is 157 Å². The lowest BCUT2D eigenvalue weighted by atomic mass is 9.92. The molecule has 0 fully saturated rings. The molecule has 2 heteroatoms. The Hall–Kier alpha value is -1.51. The van der Waals surface area contributed by atoms with E-state index < -0.39 is 0 Å². The first-order valence-corrected chi connectivity index (χ1v) is 10.2. The van der Waals surface area contributed by atoms with Crippen LogP contribution in [0.15, 0.2) is 77.7 Å². The molecular weight excluding hydrogens is 324 g/mol. The van der Waals surface area contributed by atoms with E-state index in [0.717, 1.165) is 13.0 Å². The maximum Gasteiger partial charge on any atom is 0.0716 e. The van der Waals surface area contributed by atoms with Gasteiger partial charge in [-0.1, -0.05) is 74.5 Å². The van der Waals surface area contributed by atoms with E-state index in [9.17, 15) is 0 Å². The zero-order valence-corrected chi connectivity index (χ0v) is 16.3. The van der Waals surface area contributed by atoms with Crippen molar-refractivity contribution in [1.29, 1.82) is 0 Å². The summed E-state index contributed by atoms with van der Waals surface area (Å²) in [7, 11) is 0. The van der Waals surface area contributed by atoms with Gasteiger partial charge < -0.3 is 4.74 Å². The number of ether oxygens (including phenoxy) is 1. The Balaban J connectivity index is 0.00000109. The fourth-order valence-corrected chi connectivity index (χ4v) is 4.34. The lowest BCUT2D eigenvalue weighted by Crippen LogP contribution is -2.26. The lowest BCUT2D eigenvalue weighted by Gasteiger charge is -2.32. The van der Waals surface area contributed by atoms with Gasteiger partial charge in [-0.2, -0.15) is 0 Å². The van der Waals surface area contributed by atoms with Gasteiger partial charge in [0.2, 0.25) is 0 Å². The predicted molar refractivity (Wildman–Crippen MR) is 110 cm³/mol. The summed E-state index contributed by atoms with van der Waals surface area (Å²) in [6.07, 6.45) is 9.54. The molecule has 0 heterocycles. The van der Waals surface area contributed by atoms with E-state index >= 15 is 0 Å². The second kappa shape index (κ2) is 11.2. The molecule has 3 rings (SSSR count). The molecule has 2 aromatic carbocycles. The van der Waals surface area contributed by atoms with Crippen molar-refractivity contribution < 1.29 is 4.74 Å². The van der Waals surface area contributed by atoms with Crippen molar-refractivity contribution in [3.8, 4) is 0 Å². The summed E-state index contributed by atoms with van der Waals surface area (Å²) >= 11 is 1.99. The average molecular weight is 355 g/mol. The highest BCUT2D eigenvalue weighted by molar-refractivity contribution is 8.00. The molecule has 0 spiro atoms. The van der Waals surface area contributed by atoms with Gasteiger partial charge in [0, 0.05) is 16.2 Å². The fourth-order valence-electron chi connectivity index (χ4n) is 2.98. The maximum absolute atomic E-state index is 5.94. The second-order valence-electron chi connectivity index (χ2n) is 6.06. The van der Waals surface area contributed by atoms with E-state index in [4.69, 9.17) is 4.74 Å². The van der Waals surface area contributed by atoms with Gasteiger partial charge in [-0.15, -0.1) is 11.8 Å². The SMILES string of the molecule is C1=CC(CCOCc2ccccc2)(Sc2ccccc2)CCC1.CC. The number of rotatable bonds is 7. The Morgan fingerprint density at radius 1 is 0.960 bits per heavy atom. The van der Waals surface area contributed by atoms with E-state index in [-0.39, 0.29) is 4.75 Å². The molecule has 2 aromatic rings. The number of hydrogen-bond acceptors (Lipinski definition) is 2. The van der Waals surface area contributed by atoms with Gasteiger partial charge in [-0.25, -0.2) is 0 Å². The van der Waals surface area contributed by atoms with Crippen molar-refractivity contribution in [2.75, 3.05) is 6.61 Å². The Morgan fingerprint density at radius 3 is 2.28 bits per heavy atom. The van der Waals surface area contributed by atoms with Crippen molar-refractivity contribution in [2.45, 2.75) is 55.8 Å². The van der Waals surface area contributed by atoms with Crippen molar-refractivity contribution >= 4 is 11.8 Å². The normalized spacial score (nSPS) is 19.1. The molecule has 1 atom stereocenters. The third-order valence-electron chi connectivity index (χ3n) is 4.24. The van der Waals surface area contributed by atoms with Crippen LogP contribution in [-0.4, -0.2) is 11.4 Å². The molecule has 0 radical (unpaired) electrons. The second-order valence-corrected chi connectivity index (χ2v) is 7.55. The summed E-state index contributed by atoms with van der Waals surface area (Å²) in [6.45, 7) is 5.51. The molecule has 0 bridgehead atoms. The molecule has 1 nitrogen and oxygen atoms in total. The Bertz CT molecular complexity index is 609. The molecule has 0 aliphatic heterocycles. The van der Waals surface area contributed by atoms with E-state index in [1.54, 1.807) is 0 Å². The van der Waals surface area contributed by atoms with Gasteiger partial charge in [-0.05, 0) is 43.4 Å². The van der Waals surface area contributed by atoms with Crippen LogP contribution in [0, 0.1) is 0 Å². The fraction of sp³-hybridized carbons (Fsp3) is 0.391. The summed E-state index contributed by atoms with van der Waals surface area (Å²) < 4.78 is 6.13. The Kier molecular flexibility index (Phi) is 8.85. The van der Waals surface area contributed by atoms with E-state index in [1.807, 2.05) is 31.7 Å². The van der Waals surface area contributed by atoms with Crippen molar-refractivity contribution in [1.82, 2.24) is 0 Å². The van der Waals surface area contributed by atoms with Gasteiger partial charge in [-0.3, -0.25) is 0 Å². The van der Waals surface area contributed by atoms with Crippen LogP contribution < -0.4 is 0 Å². The highest BCUT2D eigenvalue weighted by Gasteiger charge is 2.29. The third-order valence-corrected chi connectivity index (χ3v) is 5.70. The quantitative estimate of drug-likeness (QED) is 0.395. The molecule has 1 unspecified atom stereocenters. The highest BCUT2D eigenvalue weighted by Crippen LogP contribution is 2.43. The first-order chi connectivity index (χ1) is 12.4.